The van der Waals surface area contributed by atoms with E-state index in [0.29, 0.717) is 26.2 Å². The van der Waals surface area contributed by atoms with Crippen LogP contribution in [-0.2, 0) is 0 Å². The van der Waals surface area contributed by atoms with E-state index in [1.165, 1.54) is 12.1 Å². The summed E-state index contributed by atoms with van der Waals surface area (Å²) in [5.41, 5.74) is 13.1. The van der Waals surface area contributed by atoms with Gasteiger partial charge >= 0.3 is 0 Å². The Morgan fingerprint density at radius 1 is 1.16 bits per heavy atom. The second kappa shape index (κ2) is 5.43. The smallest absolute Gasteiger partial charge is 0.248 e. The molecule has 0 spiro atoms. The Balaban J connectivity index is 2.37. The van der Waals surface area contributed by atoms with Gasteiger partial charge in [0, 0.05) is 9.13 Å². The molecule has 98 valence electrons. The maximum absolute atomic E-state index is 13.0. The van der Waals surface area contributed by atoms with Crippen molar-refractivity contribution in [1.29, 1.82) is 0 Å². The van der Waals surface area contributed by atoms with E-state index in [-0.39, 0.29) is 5.82 Å². The van der Waals surface area contributed by atoms with Crippen LogP contribution in [0.15, 0.2) is 36.4 Å². The summed E-state index contributed by atoms with van der Waals surface area (Å²) in [6.45, 7) is 0. The van der Waals surface area contributed by atoms with Crippen LogP contribution in [0.5, 0.6) is 0 Å². The summed E-state index contributed by atoms with van der Waals surface area (Å²) < 4.78 is 13.7. The van der Waals surface area contributed by atoms with Crippen molar-refractivity contribution in [2.75, 3.05) is 11.1 Å². The number of halogens is 2. The monoisotopic (exact) mass is 371 g/mol. The molecule has 0 saturated carbocycles. The Kier molecular flexibility index (Phi) is 3.89. The second-order valence-electron chi connectivity index (χ2n) is 3.92. The molecule has 0 saturated heterocycles. The number of benzene rings is 2. The zero-order valence-electron chi connectivity index (χ0n) is 9.78. The normalized spacial score (nSPS) is 10.2. The fourth-order valence-electron chi connectivity index (χ4n) is 1.55. The molecule has 19 heavy (non-hydrogen) atoms. The molecule has 2 rings (SSSR count). The molecule has 6 heteroatoms. The van der Waals surface area contributed by atoms with Crippen molar-refractivity contribution in [3.05, 3.63) is 51.3 Å². The van der Waals surface area contributed by atoms with Gasteiger partial charge < -0.3 is 16.8 Å². The molecule has 2 aromatic carbocycles. The summed E-state index contributed by atoms with van der Waals surface area (Å²) in [7, 11) is 0. The summed E-state index contributed by atoms with van der Waals surface area (Å²) in [5, 5.41) is 3.06. The van der Waals surface area contributed by atoms with Gasteiger partial charge in [-0.1, -0.05) is 0 Å². The van der Waals surface area contributed by atoms with E-state index in [2.05, 4.69) is 5.32 Å². The minimum absolute atomic E-state index is 0.311. The summed E-state index contributed by atoms with van der Waals surface area (Å²) in [6.07, 6.45) is 0. The molecule has 4 nitrogen and oxygen atoms in total. The highest BCUT2D eigenvalue weighted by Gasteiger charge is 2.07. The van der Waals surface area contributed by atoms with Gasteiger partial charge in [-0.15, -0.1) is 0 Å². The van der Waals surface area contributed by atoms with Gasteiger partial charge in [0.15, 0.2) is 0 Å². The molecule has 0 fully saturated rings. The number of nitrogens with one attached hydrogen (secondary N) is 1. The number of primary amides is 1. The SMILES string of the molecule is NC(=O)c1ccc(N)c(Nc2ccc(F)cc2I)c1. The van der Waals surface area contributed by atoms with Crippen LogP contribution in [0.3, 0.4) is 0 Å². The highest BCUT2D eigenvalue weighted by atomic mass is 127. The molecule has 0 bridgehead atoms. The number of hydrogen-bond donors (Lipinski definition) is 3. The quantitative estimate of drug-likeness (QED) is 0.573. The molecular formula is C13H11FIN3O. The van der Waals surface area contributed by atoms with E-state index in [0.717, 1.165) is 0 Å². The largest absolute Gasteiger partial charge is 0.397 e. The van der Waals surface area contributed by atoms with Crippen molar-refractivity contribution in [2.24, 2.45) is 5.73 Å². The first-order chi connectivity index (χ1) is 8.97. The third-order valence-corrected chi connectivity index (χ3v) is 3.43. The Bertz CT molecular complexity index is 646. The van der Waals surface area contributed by atoms with Crippen LogP contribution < -0.4 is 16.8 Å². The standard InChI is InChI=1S/C13H11FIN3O/c14-8-2-4-11(9(15)6-8)18-12-5-7(13(17)19)1-3-10(12)16/h1-6,18H,16H2,(H2,17,19). The molecule has 0 heterocycles. The van der Waals surface area contributed by atoms with Crippen LogP contribution in [0.25, 0.3) is 0 Å². The molecule has 1 amide bonds. The lowest BCUT2D eigenvalue weighted by Crippen LogP contribution is -2.11. The number of anilines is 3. The summed E-state index contributed by atoms with van der Waals surface area (Å²) in [6, 6.07) is 9.07. The molecule has 2 aromatic rings. The lowest BCUT2D eigenvalue weighted by Gasteiger charge is -2.12. The molecule has 0 radical (unpaired) electrons. The number of nitrogen functional groups attached to an aromatic ring is 1. The average molecular weight is 371 g/mol. The Hall–Kier alpha value is -1.83. The highest BCUT2D eigenvalue weighted by molar-refractivity contribution is 14.1. The van der Waals surface area contributed by atoms with Crippen molar-refractivity contribution >= 4 is 45.6 Å². The number of carbonyl (C=O) groups is 1. The van der Waals surface area contributed by atoms with Crippen molar-refractivity contribution in [3.8, 4) is 0 Å². The summed E-state index contributed by atoms with van der Waals surface area (Å²) in [4.78, 5) is 11.1. The fourth-order valence-corrected chi connectivity index (χ4v) is 2.17. The number of amides is 1. The fraction of sp³-hybridized carbons (Fsp3) is 0. The van der Waals surface area contributed by atoms with Gasteiger partial charge in [0.1, 0.15) is 5.82 Å². The lowest BCUT2D eigenvalue weighted by molar-refractivity contribution is 0.100. The lowest BCUT2D eigenvalue weighted by atomic mass is 10.1. The maximum Gasteiger partial charge on any atom is 0.248 e. The third kappa shape index (κ3) is 3.14. The van der Waals surface area contributed by atoms with E-state index < -0.39 is 5.91 Å². The van der Waals surface area contributed by atoms with E-state index in [9.17, 15) is 9.18 Å². The van der Waals surface area contributed by atoms with Crippen molar-refractivity contribution in [1.82, 2.24) is 0 Å². The molecule has 0 aromatic heterocycles. The Morgan fingerprint density at radius 2 is 1.89 bits per heavy atom. The van der Waals surface area contributed by atoms with Crippen LogP contribution in [0.1, 0.15) is 10.4 Å². The molecular weight excluding hydrogens is 360 g/mol. The molecule has 0 unspecified atom stereocenters. The van der Waals surface area contributed by atoms with Gasteiger partial charge in [-0.3, -0.25) is 4.79 Å². The van der Waals surface area contributed by atoms with Gasteiger partial charge in [-0.25, -0.2) is 4.39 Å². The van der Waals surface area contributed by atoms with Crippen LogP contribution in [0.2, 0.25) is 0 Å². The first-order valence-electron chi connectivity index (χ1n) is 5.39. The molecule has 5 N–H and O–H groups in total. The van der Waals surface area contributed by atoms with Crippen LogP contribution in [0.4, 0.5) is 21.5 Å². The van der Waals surface area contributed by atoms with Crippen LogP contribution in [-0.4, -0.2) is 5.91 Å². The Labute approximate surface area is 123 Å². The predicted molar refractivity (Wildman–Crippen MR) is 81.8 cm³/mol. The summed E-state index contributed by atoms with van der Waals surface area (Å²) >= 11 is 2.01. The number of rotatable bonds is 3. The van der Waals surface area contributed by atoms with E-state index >= 15 is 0 Å². The van der Waals surface area contributed by atoms with Crippen LogP contribution in [0, 0.1) is 9.39 Å². The first-order valence-corrected chi connectivity index (χ1v) is 6.46. The molecule has 0 atom stereocenters. The van der Waals surface area contributed by atoms with Gasteiger partial charge in [0.05, 0.1) is 17.1 Å². The summed E-state index contributed by atoms with van der Waals surface area (Å²) in [5.74, 6) is -0.842. The van der Waals surface area contributed by atoms with E-state index in [1.54, 1.807) is 24.3 Å². The zero-order valence-corrected chi connectivity index (χ0v) is 11.9. The van der Waals surface area contributed by atoms with Gasteiger partial charge in [-0.2, -0.15) is 0 Å². The number of carbonyl (C=O) groups excluding carboxylic acids is 1. The predicted octanol–water partition coefficient (Wildman–Crippen LogP) is 2.86. The molecule has 0 aliphatic carbocycles. The zero-order chi connectivity index (χ0) is 14.0. The maximum atomic E-state index is 13.0. The minimum atomic E-state index is -0.531. The minimum Gasteiger partial charge on any atom is -0.397 e. The van der Waals surface area contributed by atoms with Gasteiger partial charge in [-0.05, 0) is 59.0 Å². The van der Waals surface area contributed by atoms with Crippen molar-refractivity contribution in [2.45, 2.75) is 0 Å². The van der Waals surface area contributed by atoms with Crippen LogP contribution >= 0.6 is 22.6 Å². The molecule has 0 aliphatic rings. The number of nitrogens with two attached hydrogens (primary N) is 2. The average Bonchev–Trinajstić information content (AvgIpc) is 2.34. The number of hydrogen-bond acceptors (Lipinski definition) is 3. The first kappa shape index (κ1) is 13.6. The molecule has 0 aliphatic heterocycles. The Morgan fingerprint density at radius 3 is 2.53 bits per heavy atom. The highest BCUT2D eigenvalue weighted by Crippen LogP contribution is 2.27. The third-order valence-electron chi connectivity index (χ3n) is 2.54. The second-order valence-corrected chi connectivity index (χ2v) is 5.08. The van der Waals surface area contributed by atoms with Gasteiger partial charge in [0.25, 0.3) is 0 Å². The van der Waals surface area contributed by atoms with E-state index in [4.69, 9.17) is 11.5 Å². The topological polar surface area (TPSA) is 81.1 Å². The van der Waals surface area contributed by atoms with Crippen molar-refractivity contribution < 1.29 is 9.18 Å². The van der Waals surface area contributed by atoms with Crippen molar-refractivity contribution in [3.63, 3.8) is 0 Å². The van der Waals surface area contributed by atoms with Gasteiger partial charge in [0.2, 0.25) is 5.91 Å². The van der Waals surface area contributed by atoms with E-state index in [1.807, 2.05) is 22.6 Å².